The van der Waals surface area contributed by atoms with E-state index in [0.29, 0.717) is 16.5 Å². The Morgan fingerprint density at radius 3 is 2.12 bits per heavy atom. The minimum Gasteiger partial charge on any atom is -0.395 e. The molecule has 0 aliphatic heterocycles. The van der Waals surface area contributed by atoms with Crippen molar-refractivity contribution in [3.05, 3.63) is 33.8 Å². The first-order chi connectivity index (χ1) is 7.43. The van der Waals surface area contributed by atoms with Crippen LogP contribution in [0.3, 0.4) is 0 Å². The first kappa shape index (κ1) is 13.8. The number of aliphatic hydroxyl groups is 1. The van der Waals surface area contributed by atoms with Gasteiger partial charge in [0, 0.05) is 10.0 Å². The summed E-state index contributed by atoms with van der Waals surface area (Å²) >= 11 is 11.6. The third kappa shape index (κ3) is 4.70. The summed E-state index contributed by atoms with van der Waals surface area (Å²) < 4.78 is 22.7. The molecule has 90 valence electrons. The molecule has 0 saturated carbocycles. The summed E-state index contributed by atoms with van der Waals surface area (Å²) in [6, 6.07) is 4.96. The topological polar surface area (TPSA) is 54.4 Å². The largest absolute Gasteiger partial charge is 0.395 e. The van der Waals surface area contributed by atoms with Crippen LogP contribution < -0.4 is 0 Å². The molecular formula is C10H12Cl2O3S. The first-order valence-corrected chi connectivity index (χ1v) is 7.27. The van der Waals surface area contributed by atoms with Crippen molar-refractivity contribution in [3.63, 3.8) is 0 Å². The van der Waals surface area contributed by atoms with E-state index in [0.717, 1.165) is 5.56 Å². The van der Waals surface area contributed by atoms with Gasteiger partial charge in [-0.2, -0.15) is 0 Å². The fraction of sp³-hybridized carbons (Fsp3) is 0.400. The Hall–Kier alpha value is -0.290. The number of sulfone groups is 1. The molecule has 0 amide bonds. The van der Waals surface area contributed by atoms with E-state index < -0.39 is 9.84 Å². The summed E-state index contributed by atoms with van der Waals surface area (Å²) in [4.78, 5) is 0. The highest BCUT2D eigenvalue weighted by molar-refractivity contribution is 7.91. The smallest absolute Gasteiger partial charge is 0.152 e. The fourth-order valence-electron chi connectivity index (χ4n) is 1.27. The average Bonchev–Trinajstić information content (AvgIpc) is 2.13. The van der Waals surface area contributed by atoms with Gasteiger partial charge in [-0.3, -0.25) is 0 Å². The van der Waals surface area contributed by atoms with E-state index in [9.17, 15) is 8.42 Å². The van der Waals surface area contributed by atoms with Crippen LogP contribution in [0.25, 0.3) is 0 Å². The molecule has 0 spiro atoms. The molecule has 0 aliphatic carbocycles. The minimum atomic E-state index is -3.19. The number of aliphatic hydroxyl groups excluding tert-OH is 1. The molecular weight excluding hydrogens is 271 g/mol. The standard InChI is InChI=1S/C10H12Cl2O3S/c11-9-5-8(6-10(12)7-9)1-3-16(14,15)4-2-13/h5-7,13H,1-4H2. The Balaban J connectivity index is 2.68. The number of benzene rings is 1. The summed E-state index contributed by atoms with van der Waals surface area (Å²) in [6.07, 6.45) is 0.350. The van der Waals surface area contributed by atoms with Gasteiger partial charge in [0.05, 0.1) is 18.1 Å². The molecule has 1 N–H and O–H groups in total. The lowest BCUT2D eigenvalue weighted by molar-refractivity contribution is 0.319. The van der Waals surface area contributed by atoms with E-state index in [1.807, 2.05) is 0 Å². The molecule has 6 heteroatoms. The third-order valence-corrected chi connectivity index (χ3v) is 4.09. The predicted octanol–water partition coefficient (Wildman–Crippen LogP) is 1.94. The summed E-state index contributed by atoms with van der Waals surface area (Å²) in [5, 5.41) is 9.54. The maximum Gasteiger partial charge on any atom is 0.152 e. The maximum atomic E-state index is 11.3. The van der Waals surface area contributed by atoms with E-state index >= 15 is 0 Å². The van der Waals surface area contributed by atoms with E-state index in [-0.39, 0.29) is 18.1 Å². The SMILES string of the molecule is O=S(=O)(CCO)CCc1cc(Cl)cc(Cl)c1. The quantitative estimate of drug-likeness (QED) is 0.898. The number of aryl methyl sites for hydroxylation is 1. The van der Waals surface area contributed by atoms with Crippen molar-refractivity contribution >= 4 is 33.0 Å². The molecule has 0 aromatic heterocycles. The van der Waals surface area contributed by atoms with E-state index in [1.54, 1.807) is 18.2 Å². The van der Waals surface area contributed by atoms with Crippen molar-refractivity contribution in [2.75, 3.05) is 18.1 Å². The maximum absolute atomic E-state index is 11.3. The van der Waals surface area contributed by atoms with Gasteiger partial charge in [-0.15, -0.1) is 0 Å². The van der Waals surface area contributed by atoms with E-state index in [2.05, 4.69) is 0 Å². The molecule has 0 bridgehead atoms. The van der Waals surface area contributed by atoms with Gasteiger partial charge in [-0.25, -0.2) is 8.42 Å². The Bertz CT molecular complexity index is 437. The second-order valence-corrected chi connectivity index (χ2v) is 6.58. The zero-order valence-corrected chi connectivity index (χ0v) is 10.8. The molecule has 3 nitrogen and oxygen atoms in total. The molecule has 1 aromatic carbocycles. The molecule has 16 heavy (non-hydrogen) atoms. The summed E-state index contributed by atoms with van der Waals surface area (Å²) in [5.41, 5.74) is 0.777. The minimum absolute atomic E-state index is 0.00969. The Labute approximate surface area is 105 Å². The molecule has 0 saturated heterocycles. The Kier molecular flexibility index (Phi) is 5.05. The monoisotopic (exact) mass is 282 g/mol. The van der Waals surface area contributed by atoms with Crippen LogP contribution in [0.1, 0.15) is 5.56 Å². The van der Waals surface area contributed by atoms with Crippen molar-refractivity contribution in [3.8, 4) is 0 Å². The molecule has 1 aromatic rings. The van der Waals surface area contributed by atoms with Gasteiger partial charge in [0.15, 0.2) is 9.84 Å². The zero-order chi connectivity index (χ0) is 12.2. The Morgan fingerprint density at radius 1 is 1.06 bits per heavy atom. The number of hydrogen-bond donors (Lipinski definition) is 1. The second kappa shape index (κ2) is 5.87. The van der Waals surface area contributed by atoms with Crippen LogP contribution in [0.2, 0.25) is 10.0 Å². The zero-order valence-electron chi connectivity index (χ0n) is 8.49. The fourth-order valence-corrected chi connectivity index (χ4v) is 2.87. The van der Waals surface area contributed by atoms with Crippen LogP contribution in [-0.4, -0.2) is 31.6 Å². The van der Waals surface area contributed by atoms with Crippen LogP contribution in [0.5, 0.6) is 0 Å². The number of halogens is 2. The highest BCUT2D eigenvalue weighted by Crippen LogP contribution is 2.19. The lowest BCUT2D eigenvalue weighted by Crippen LogP contribution is -2.15. The van der Waals surface area contributed by atoms with Crippen LogP contribution >= 0.6 is 23.2 Å². The highest BCUT2D eigenvalue weighted by atomic mass is 35.5. The van der Waals surface area contributed by atoms with Crippen molar-refractivity contribution in [2.24, 2.45) is 0 Å². The summed E-state index contributed by atoms with van der Waals surface area (Å²) in [7, 11) is -3.19. The highest BCUT2D eigenvalue weighted by Gasteiger charge is 2.10. The lowest BCUT2D eigenvalue weighted by atomic mass is 10.2. The van der Waals surface area contributed by atoms with Crippen molar-refractivity contribution in [1.29, 1.82) is 0 Å². The van der Waals surface area contributed by atoms with Gasteiger partial charge in [-0.1, -0.05) is 23.2 Å². The molecule has 0 fully saturated rings. The lowest BCUT2D eigenvalue weighted by Gasteiger charge is -2.04. The molecule has 0 atom stereocenters. The van der Waals surface area contributed by atoms with Gasteiger partial charge in [0.2, 0.25) is 0 Å². The second-order valence-electron chi connectivity index (χ2n) is 3.40. The van der Waals surface area contributed by atoms with Crippen LogP contribution in [-0.2, 0) is 16.3 Å². The molecule has 0 aliphatic rings. The first-order valence-electron chi connectivity index (χ1n) is 4.69. The van der Waals surface area contributed by atoms with Crippen LogP contribution in [0.15, 0.2) is 18.2 Å². The van der Waals surface area contributed by atoms with E-state index in [4.69, 9.17) is 28.3 Å². The number of hydrogen-bond acceptors (Lipinski definition) is 3. The van der Waals surface area contributed by atoms with Gasteiger partial charge in [0.1, 0.15) is 0 Å². The molecule has 0 radical (unpaired) electrons. The number of rotatable bonds is 5. The summed E-state index contributed by atoms with van der Waals surface area (Å²) in [6.45, 7) is -0.349. The van der Waals surface area contributed by atoms with Crippen molar-refractivity contribution in [1.82, 2.24) is 0 Å². The van der Waals surface area contributed by atoms with Crippen LogP contribution in [0.4, 0.5) is 0 Å². The molecule has 0 unspecified atom stereocenters. The average molecular weight is 283 g/mol. The Morgan fingerprint density at radius 2 is 1.62 bits per heavy atom. The van der Waals surface area contributed by atoms with E-state index in [1.165, 1.54) is 0 Å². The summed E-state index contributed by atoms with van der Waals surface area (Å²) in [5.74, 6) is -0.217. The normalized spacial score (nSPS) is 11.7. The van der Waals surface area contributed by atoms with Gasteiger partial charge in [-0.05, 0) is 30.2 Å². The third-order valence-electron chi connectivity index (χ3n) is 2.03. The molecule has 1 rings (SSSR count). The predicted molar refractivity (Wildman–Crippen MR) is 65.9 cm³/mol. The molecule has 0 heterocycles. The van der Waals surface area contributed by atoms with Gasteiger partial charge < -0.3 is 5.11 Å². The van der Waals surface area contributed by atoms with Crippen molar-refractivity contribution < 1.29 is 13.5 Å². The van der Waals surface area contributed by atoms with Gasteiger partial charge >= 0.3 is 0 Å². The van der Waals surface area contributed by atoms with Crippen molar-refractivity contribution in [2.45, 2.75) is 6.42 Å². The van der Waals surface area contributed by atoms with Crippen LogP contribution in [0, 0.1) is 0 Å². The van der Waals surface area contributed by atoms with Gasteiger partial charge in [0.25, 0.3) is 0 Å².